The first-order valence-corrected chi connectivity index (χ1v) is 6.60. The maximum absolute atomic E-state index is 11.8. The summed E-state index contributed by atoms with van der Waals surface area (Å²) in [7, 11) is 1.16. The Bertz CT molecular complexity index is 454. The summed E-state index contributed by atoms with van der Waals surface area (Å²) >= 11 is 0. The average molecular weight is 258 g/mol. The van der Waals surface area contributed by atoms with Crippen molar-refractivity contribution >= 4 is 10.2 Å². The van der Waals surface area contributed by atoms with Crippen LogP contribution in [0.5, 0.6) is 0 Å². The highest BCUT2D eigenvalue weighted by Gasteiger charge is 2.20. The smallest absolute Gasteiger partial charge is 0.281 e. The van der Waals surface area contributed by atoms with Crippen LogP contribution in [0.1, 0.15) is 11.1 Å². The standard InChI is InChI=1S/C11H18N2O3S/c1-12(2)17(15,16)13(3)8-10-4-6-11(9-14)7-5-10/h4-7,14H,8-9H2,1-3H3. The third-order valence-corrected chi connectivity index (χ3v) is 4.31. The Morgan fingerprint density at radius 1 is 1.06 bits per heavy atom. The van der Waals surface area contributed by atoms with Gasteiger partial charge in [0.2, 0.25) is 0 Å². The van der Waals surface area contributed by atoms with Gasteiger partial charge in [0.15, 0.2) is 0 Å². The second-order valence-electron chi connectivity index (χ2n) is 4.02. The Labute approximate surface area is 102 Å². The van der Waals surface area contributed by atoms with Crippen molar-refractivity contribution in [2.75, 3.05) is 21.1 Å². The first-order valence-electron chi connectivity index (χ1n) is 5.20. The van der Waals surface area contributed by atoms with Crippen molar-refractivity contribution < 1.29 is 13.5 Å². The minimum absolute atomic E-state index is 0.00782. The zero-order valence-corrected chi connectivity index (χ0v) is 11.1. The molecule has 0 aromatic heterocycles. The summed E-state index contributed by atoms with van der Waals surface area (Å²) in [6, 6.07) is 7.19. The quantitative estimate of drug-likeness (QED) is 0.832. The molecule has 1 rings (SSSR count). The van der Waals surface area contributed by atoms with Gasteiger partial charge in [0.1, 0.15) is 0 Å². The van der Waals surface area contributed by atoms with Crippen molar-refractivity contribution in [1.29, 1.82) is 0 Å². The molecule has 0 heterocycles. The molecular weight excluding hydrogens is 240 g/mol. The van der Waals surface area contributed by atoms with Crippen molar-refractivity contribution in [2.24, 2.45) is 0 Å². The molecule has 0 aliphatic carbocycles. The van der Waals surface area contributed by atoms with Crippen molar-refractivity contribution in [3.63, 3.8) is 0 Å². The molecule has 17 heavy (non-hydrogen) atoms. The Hall–Kier alpha value is -0.950. The van der Waals surface area contributed by atoms with E-state index in [4.69, 9.17) is 5.11 Å². The lowest BCUT2D eigenvalue weighted by atomic mass is 10.1. The van der Waals surface area contributed by atoms with E-state index in [0.717, 1.165) is 11.1 Å². The molecule has 0 aliphatic rings. The van der Waals surface area contributed by atoms with E-state index in [2.05, 4.69) is 0 Å². The summed E-state index contributed by atoms with van der Waals surface area (Å²) in [5, 5.41) is 8.90. The van der Waals surface area contributed by atoms with Crippen LogP contribution in [0.4, 0.5) is 0 Å². The molecule has 0 bridgehead atoms. The van der Waals surface area contributed by atoms with E-state index in [1.54, 1.807) is 12.1 Å². The fraction of sp³-hybridized carbons (Fsp3) is 0.455. The van der Waals surface area contributed by atoms with Gasteiger partial charge in [-0.05, 0) is 11.1 Å². The van der Waals surface area contributed by atoms with Gasteiger partial charge in [0.05, 0.1) is 6.61 Å². The van der Waals surface area contributed by atoms with E-state index in [9.17, 15) is 8.42 Å². The molecule has 1 aromatic rings. The van der Waals surface area contributed by atoms with E-state index in [-0.39, 0.29) is 6.61 Å². The number of rotatable bonds is 5. The van der Waals surface area contributed by atoms with Crippen LogP contribution < -0.4 is 0 Å². The molecule has 0 saturated heterocycles. The predicted molar refractivity (Wildman–Crippen MR) is 66.4 cm³/mol. The first kappa shape index (κ1) is 14.1. The number of aliphatic hydroxyl groups excluding tert-OH is 1. The Morgan fingerprint density at radius 2 is 1.53 bits per heavy atom. The number of nitrogens with zero attached hydrogens (tertiary/aromatic N) is 2. The summed E-state index contributed by atoms with van der Waals surface area (Å²) in [5.74, 6) is 0. The van der Waals surface area contributed by atoms with Gasteiger partial charge in [-0.3, -0.25) is 0 Å². The summed E-state index contributed by atoms with van der Waals surface area (Å²) < 4.78 is 26.0. The van der Waals surface area contributed by atoms with Gasteiger partial charge >= 0.3 is 0 Å². The molecule has 0 amide bonds. The highest BCUT2D eigenvalue weighted by molar-refractivity contribution is 7.86. The van der Waals surface area contributed by atoms with Crippen LogP contribution in [-0.2, 0) is 23.4 Å². The van der Waals surface area contributed by atoms with Gasteiger partial charge in [-0.15, -0.1) is 0 Å². The Morgan fingerprint density at radius 3 is 1.94 bits per heavy atom. The number of hydrogen-bond acceptors (Lipinski definition) is 3. The topological polar surface area (TPSA) is 60.9 Å². The minimum Gasteiger partial charge on any atom is -0.392 e. The van der Waals surface area contributed by atoms with Crippen LogP contribution >= 0.6 is 0 Å². The fourth-order valence-electron chi connectivity index (χ4n) is 1.37. The molecule has 5 nitrogen and oxygen atoms in total. The third-order valence-electron chi connectivity index (χ3n) is 2.47. The normalized spacial score (nSPS) is 12.4. The van der Waals surface area contributed by atoms with Crippen molar-refractivity contribution in [1.82, 2.24) is 8.61 Å². The van der Waals surface area contributed by atoms with Crippen molar-refractivity contribution in [3.05, 3.63) is 35.4 Å². The second-order valence-corrected chi connectivity index (χ2v) is 6.27. The second kappa shape index (κ2) is 5.59. The van der Waals surface area contributed by atoms with E-state index in [0.29, 0.717) is 6.54 Å². The maximum Gasteiger partial charge on any atom is 0.281 e. The summed E-state index contributed by atoms with van der Waals surface area (Å²) in [4.78, 5) is 0. The van der Waals surface area contributed by atoms with Crippen LogP contribution in [0.2, 0.25) is 0 Å². The van der Waals surface area contributed by atoms with Crippen molar-refractivity contribution in [3.8, 4) is 0 Å². The number of aliphatic hydroxyl groups is 1. The lowest BCUT2D eigenvalue weighted by molar-refractivity contribution is 0.282. The molecule has 0 saturated carbocycles. The zero-order valence-electron chi connectivity index (χ0n) is 10.3. The molecule has 1 aromatic carbocycles. The van der Waals surface area contributed by atoms with Gasteiger partial charge in [0.25, 0.3) is 10.2 Å². The Balaban J connectivity index is 2.78. The van der Waals surface area contributed by atoms with E-state index >= 15 is 0 Å². The van der Waals surface area contributed by atoms with E-state index < -0.39 is 10.2 Å². The fourth-order valence-corrected chi connectivity index (χ4v) is 2.24. The van der Waals surface area contributed by atoms with Gasteiger partial charge in [-0.2, -0.15) is 17.0 Å². The van der Waals surface area contributed by atoms with Crippen LogP contribution in [-0.4, -0.2) is 43.3 Å². The predicted octanol–water partition coefficient (Wildman–Crippen LogP) is 0.417. The molecular formula is C11H18N2O3S. The number of benzene rings is 1. The molecule has 96 valence electrons. The summed E-state index contributed by atoms with van der Waals surface area (Å²) in [6.07, 6.45) is 0. The maximum atomic E-state index is 11.8. The summed E-state index contributed by atoms with van der Waals surface area (Å²) in [6.45, 7) is 0.304. The molecule has 0 aliphatic heterocycles. The lowest BCUT2D eigenvalue weighted by Gasteiger charge is -2.21. The Kier molecular flexibility index (Phi) is 4.64. The third kappa shape index (κ3) is 3.50. The van der Waals surface area contributed by atoms with Gasteiger partial charge in [-0.25, -0.2) is 0 Å². The molecule has 0 unspecified atom stereocenters. The van der Waals surface area contributed by atoms with Crippen LogP contribution in [0.25, 0.3) is 0 Å². The highest BCUT2D eigenvalue weighted by Crippen LogP contribution is 2.10. The van der Waals surface area contributed by atoms with E-state index in [1.807, 2.05) is 12.1 Å². The molecule has 0 fully saturated rings. The minimum atomic E-state index is -3.37. The van der Waals surface area contributed by atoms with Crippen LogP contribution in [0.3, 0.4) is 0 Å². The summed E-state index contributed by atoms with van der Waals surface area (Å²) in [5.41, 5.74) is 1.70. The van der Waals surface area contributed by atoms with Gasteiger partial charge in [0, 0.05) is 27.7 Å². The molecule has 1 N–H and O–H groups in total. The average Bonchev–Trinajstić information content (AvgIpc) is 2.29. The van der Waals surface area contributed by atoms with Crippen molar-refractivity contribution in [2.45, 2.75) is 13.2 Å². The number of hydrogen-bond donors (Lipinski definition) is 1. The largest absolute Gasteiger partial charge is 0.392 e. The molecule has 0 atom stereocenters. The molecule has 0 radical (unpaired) electrons. The SMILES string of the molecule is CN(C)S(=O)(=O)N(C)Cc1ccc(CO)cc1. The molecule has 0 spiro atoms. The van der Waals surface area contributed by atoms with Gasteiger partial charge < -0.3 is 5.11 Å². The zero-order chi connectivity index (χ0) is 13.1. The first-order chi connectivity index (χ1) is 7.87. The van der Waals surface area contributed by atoms with Crippen LogP contribution in [0.15, 0.2) is 24.3 Å². The molecule has 6 heteroatoms. The monoisotopic (exact) mass is 258 g/mol. The lowest BCUT2D eigenvalue weighted by Crippen LogP contribution is -2.36. The highest BCUT2D eigenvalue weighted by atomic mass is 32.2. The van der Waals surface area contributed by atoms with Gasteiger partial charge in [-0.1, -0.05) is 24.3 Å². The van der Waals surface area contributed by atoms with E-state index in [1.165, 1.54) is 29.8 Å². The van der Waals surface area contributed by atoms with Crippen LogP contribution in [0, 0.1) is 0 Å².